The maximum absolute atomic E-state index is 13.6. The Morgan fingerprint density at radius 2 is 1.88 bits per heavy atom. The molecule has 1 saturated heterocycles. The topological polar surface area (TPSA) is 88.1 Å². The van der Waals surface area contributed by atoms with Gasteiger partial charge in [0.2, 0.25) is 0 Å². The minimum absolute atomic E-state index is 0.00172. The molecule has 0 aliphatic carbocycles. The van der Waals surface area contributed by atoms with Crippen molar-refractivity contribution in [1.82, 2.24) is 10.2 Å². The average molecular weight is 350 g/mol. The third-order valence-corrected chi connectivity index (χ3v) is 3.59. The van der Waals surface area contributed by atoms with Crippen LogP contribution >= 0.6 is 0 Å². The highest BCUT2D eigenvalue weighted by Crippen LogP contribution is 2.45. The predicted molar refractivity (Wildman–Crippen MR) is 74.1 cm³/mol. The van der Waals surface area contributed by atoms with Gasteiger partial charge in [-0.2, -0.15) is 13.2 Å². The van der Waals surface area contributed by atoms with Crippen molar-refractivity contribution in [3.63, 3.8) is 0 Å². The molecule has 0 aromatic rings. The van der Waals surface area contributed by atoms with E-state index in [9.17, 15) is 27.9 Å². The molecule has 2 N–H and O–H groups in total. The summed E-state index contributed by atoms with van der Waals surface area (Å²) in [6.07, 6.45) is -4.52. The molecule has 0 aromatic carbocycles. The van der Waals surface area contributed by atoms with Crippen molar-refractivity contribution in [3.05, 3.63) is 23.0 Å². The van der Waals surface area contributed by atoms with Gasteiger partial charge in [-0.05, 0) is 19.9 Å². The van der Waals surface area contributed by atoms with Crippen LogP contribution in [0.25, 0.3) is 0 Å². The molecule has 10 heteroatoms. The summed E-state index contributed by atoms with van der Waals surface area (Å²) in [6, 6.07) is 0. The fraction of sp³-hybridized carbons (Fsp3) is 0.571. The molecule has 0 spiro atoms. The van der Waals surface area contributed by atoms with E-state index >= 15 is 0 Å². The van der Waals surface area contributed by atoms with E-state index < -0.39 is 29.4 Å². The molecule has 2 heterocycles. The van der Waals surface area contributed by atoms with Crippen molar-refractivity contribution in [1.29, 1.82) is 0 Å². The first-order valence-corrected chi connectivity index (χ1v) is 7.29. The largest absolute Gasteiger partial charge is 0.462 e. The molecule has 1 atom stereocenters. The molecule has 0 saturated carbocycles. The van der Waals surface area contributed by atoms with E-state index in [1.54, 1.807) is 0 Å². The number of nitrogens with one attached hydrogen (secondary N) is 1. The van der Waals surface area contributed by atoms with Crippen LogP contribution < -0.4 is 5.32 Å². The number of fused-ring (bicyclic) bond motifs is 1. The van der Waals surface area contributed by atoms with Crippen LogP contribution in [0.3, 0.4) is 0 Å². The minimum atomic E-state index is -5.19. The highest BCUT2D eigenvalue weighted by atomic mass is 19.4. The molecule has 2 rings (SSSR count). The number of hydrogen-bond acceptors (Lipinski definition) is 7. The Hall–Kier alpha value is -2.23. The molecule has 2 aliphatic rings. The van der Waals surface area contributed by atoms with Crippen LogP contribution in [0.2, 0.25) is 0 Å². The second-order valence-electron chi connectivity index (χ2n) is 5.01. The predicted octanol–water partition coefficient (Wildman–Crippen LogP) is 0.420. The Bertz CT molecular complexity index is 614. The van der Waals surface area contributed by atoms with Crippen molar-refractivity contribution in [2.75, 3.05) is 26.3 Å². The van der Waals surface area contributed by atoms with E-state index in [2.05, 4.69) is 10.1 Å². The fourth-order valence-corrected chi connectivity index (χ4v) is 2.60. The van der Waals surface area contributed by atoms with Gasteiger partial charge in [0, 0.05) is 13.1 Å². The lowest BCUT2D eigenvalue weighted by atomic mass is 9.93. The van der Waals surface area contributed by atoms with E-state index in [1.165, 1.54) is 13.8 Å². The van der Waals surface area contributed by atoms with Crippen molar-refractivity contribution < 1.29 is 37.3 Å². The smallest absolute Gasteiger partial charge is 0.441 e. The molecule has 0 amide bonds. The number of alkyl halides is 3. The molecular formula is C14H17F3N2O5. The molecule has 1 unspecified atom stereocenters. The van der Waals surface area contributed by atoms with Crippen LogP contribution in [0.4, 0.5) is 13.2 Å². The standard InChI is InChI=1S/C14H17F3N2O5/c1-3-23-11(20)8-7-9(12(21)24-4-2)13(22,14(15,16)17)19-6-5-18-10(8)19/h7,18,22H,3-6H2,1-2H3. The average Bonchev–Trinajstić information content (AvgIpc) is 2.97. The van der Waals surface area contributed by atoms with Crippen LogP contribution in [0.1, 0.15) is 13.8 Å². The van der Waals surface area contributed by atoms with Crippen LogP contribution in [0, 0.1) is 0 Å². The van der Waals surface area contributed by atoms with E-state index in [0.717, 1.165) is 0 Å². The quantitative estimate of drug-likeness (QED) is 0.711. The van der Waals surface area contributed by atoms with Gasteiger partial charge in [0.05, 0.1) is 18.8 Å². The van der Waals surface area contributed by atoms with Crippen molar-refractivity contribution >= 4 is 11.9 Å². The fourth-order valence-electron chi connectivity index (χ4n) is 2.60. The van der Waals surface area contributed by atoms with Gasteiger partial charge >= 0.3 is 18.1 Å². The number of halogens is 3. The number of carbonyl (C=O) groups is 2. The van der Waals surface area contributed by atoms with Crippen molar-refractivity contribution in [3.8, 4) is 0 Å². The highest BCUT2D eigenvalue weighted by Gasteiger charge is 2.65. The second-order valence-corrected chi connectivity index (χ2v) is 5.01. The summed E-state index contributed by atoms with van der Waals surface area (Å²) in [7, 11) is 0. The monoisotopic (exact) mass is 350 g/mol. The van der Waals surface area contributed by atoms with E-state index in [4.69, 9.17) is 4.74 Å². The third kappa shape index (κ3) is 2.70. The molecule has 0 radical (unpaired) electrons. The van der Waals surface area contributed by atoms with Crippen LogP contribution in [0.5, 0.6) is 0 Å². The number of esters is 2. The Kier molecular flexibility index (Phi) is 4.79. The van der Waals surface area contributed by atoms with Crippen molar-refractivity contribution in [2.45, 2.75) is 25.7 Å². The van der Waals surface area contributed by atoms with Gasteiger partial charge in [0.1, 0.15) is 11.4 Å². The van der Waals surface area contributed by atoms with Gasteiger partial charge in [-0.25, -0.2) is 9.59 Å². The summed E-state index contributed by atoms with van der Waals surface area (Å²) in [5.74, 6) is -2.50. The molecule has 24 heavy (non-hydrogen) atoms. The number of aliphatic hydroxyl groups is 1. The summed E-state index contributed by atoms with van der Waals surface area (Å²) in [6.45, 7) is 2.56. The molecular weight excluding hydrogens is 333 g/mol. The first-order valence-electron chi connectivity index (χ1n) is 7.29. The molecule has 134 valence electrons. The van der Waals surface area contributed by atoms with E-state index in [1.807, 2.05) is 0 Å². The Labute approximate surface area is 135 Å². The lowest BCUT2D eigenvalue weighted by Crippen LogP contribution is -2.62. The summed E-state index contributed by atoms with van der Waals surface area (Å²) in [5, 5.41) is 13.0. The summed E-state index contributed by atoms with van der Waals surface area (Å²) < 4.78 is 50.2. The van der Waals surface area contributed by atoms with Gasteiger partial charge in [-0.3, -0.25) is 0 Å². The highest BCUT2D eigenvalue weighted by molar-refractivity contribution is 5.99. The lowest BCUT2D eigenvalue weighted by molar-refractivity contribution is -0.290. The molecule has 0 bridgehead atoms. The van der Waals surface area contributed by atoms with E-state index in [0.29, 0.717) is 11.0 Å². The van der Waals surface area contributed by atoms with Gasteiger partial charge < -0.3 is 24.8 Å². The number of rotatable bonds is 4. The van der Waals surface area contributed by atoms with Gasteiger partial charge in [-0.1, -0.05) is 0 Å². The van der Waals surface area contributed by atoms with Crippen molar-refractivity contribution in [2.24, 2.45) is 0 Å². The van der Waals surface area contributed by atoms with Gasteiger partial charge in [-0.15, -0.1) is 0 Å². The third-order valence-electron chi connectivity index (χ3n) is 3.59. The minimum Gasteiger partial charge on any atom is -0.462 e. The second kappa shape index (κ2) is 6.34. The molecule has 2 aliphatic heterocycles. The maximum atomic E-state index is 13.6. The first-order chi connectivity index (χ1) is 11.2. The maximum Gasteiger partial charge on any atom is 0.441 e. The SMILES string of the molecule is CCOC(=O)C1=CC(C(=O)OCC)=C2NCCN2C1(O)C(F)(F)F. The van der Waals surface area contributed by atoms with Gasteiger partial charge in [0.15, 0.2) is 0 Å². The number of ether oxygens (including phenoxy) is 2. The zero-order chi connectivity index (χ0) is 18.1. The zero-order valence-electron chi connectivity index (χ0n) is 13.1. The number of hydrogen-bond donors (Lipinski definition) is 2. The van der Waals surface area contributed by atoms with Crippen LogP contribution in [-0.4, -0.2) is 60.1 Å². The Balaban J connectivity index is 2.62. The summed E-state index contributed by atoms with van der Waals surface area (Å²) in [4.78, 5) is 24.6. The summed E-state index contributed by atoms with van der Waals surface area (Å²) >= 11 is 0. The normalized spacial score (nSPS) is 23.4. The molecule has 7 nitrogen and oxygen atoms in total. The molecule has 0 aromatic heterocycles. The number of nitrogens with zero attached hydrogens (tertiary/aromatic N) is 1. The first kappa shape index (κ1) is 18.1. The lowest BCUT2D eigenvalue weighted by Gasteiger charge is -2.42. The Morgan fingerprint density at radius 3 is 2.42 bits per heavy atom. The zero-order valence-corrected chi connectivity index (χ0v) is 13.1. The number of carbonyl (C=O) groups excluding carboxylic acids is 2. The summed E-state index contributed by atoms with van der Waals surface area (Å²) in [5.41, 5.74) is -4.94. The van der Waals surface area contributed by atoms with E-state index in [-0.39, 0.29) is 37.7 Å². The van der Waals surface area contributed by atoms with Crippen LogP contribution in [0.15, 0.2) is 23.0 Å². The van der Waals surface area contributed by atoms with Gasteiger partial charge in [0.25, 0.3) is 5.72 Å². The molecule has 1 fully saturated rings. The Morgan fingerprint density at radius 1 is 1.29 bits per heavy atom. The van der Waals surface area contributed by atoms with Crippen LogP contribution in [-0.2, 0) is 19.1 Å².